The molecule has 0 saturated heterocycles. The normalized spacial score (nSPS) is 14.7. The van der Waals surface area contributed by atoms with Crippen molar-refractivity contribution in [3.8, 4) is 0 Å². The van der Waals surface area contributed by atoms with Crippen LogP contribution in [0.4, 0.5) is 21.9 Å². The molecular weight excluding hydrogens is 444 g/mol. The third-order valence-electron chi connectivity index (χ3n) is 5.80. The van der Waals surface area contributed by atoms with Crippen molar-refractivity contribution in [1.82, 2.24) is 4.90 Å². The lowest BCUT2D eigenvalue weighted by Gasteiger charge is -2.21. The SMILES string of the molecule is COC(=O)c1ccc2c(c1)NC(=O)C2C(=Nc1ccc(N(C)C(=O)N(C)C)cc1)c1ccccc1. The summed E-state index contributed by atoms with van der Waals surface area (Å²) in [6.07, 6.45) is 0. The van der Waals surface area contributed by atoms with Crippen LogP contribution < -0.4 is 10.2 Å². The second-order valence-electron chi connectivity index (χ2n) is 8.33. The largest absolute Gasteiger partial charge is 0.465 e. The highest BCUT2D eigenvalue weighted by molar-refractivity contribution is 6.24. The van der Waals surface area contributed by atoms with Crippen LogP contribution in [0.5, 0.6) is 0 Å². The Balaban J connectivity index is 1.74. The zero-order valence-corrected chi connectivity index (χ0v) is 20.0. The van der Waals surface area contributed by atoms with Crippen LogP contribution in [0, 0.1) is 0 Å². The minimum Gasteiger partial charge on any atom is -0.465 e. The van der Waals surface area contributed by atoms with Crippen molar-refractivity contribution in [3.63, 3.8) is 0 Å². The van der Waals surface area contributed by atoms with Crippen molar-refractivity contribution in [2.45, 2.75) is 5.92 Å². The molecule has 3 aromatic rings. The number of ether oxygens (including phenoxy) is 1. The number of anilines is 2. The number of urea groups is 1. The molecule has 4 rings (SSSR count). The summed E-state index contributed by atoms with van der Waals surface area (Å²) < 4.78 is 4.80. The number of rotatable bonds is 5. The molecule has 0 aromatic heterocycles. The van der Waals surface area contributed by atoms with E-state index in [1.807, 2.05) is 54.6 Å². The van der Waals surface area contributed by atoms with Gasteiger partial charge in [-0.3, -0.25) is 14.7 Å². The van der Waals surface area contributed by atoms with Crippen LogP contribution in [0.25, 0.3) is 0 Å². The number of aliphatic imine (C=N–C) groups is 1. The van der Waals surface area contributed by atoms with E-state index in [-0.39, 0.29) is 11.9 Å². The predicted octanol–water partition coefficient (Wildman–Crippen LogP) is 4.45. The molecule has 1 N–H and O–H groups in total. The number of hydrogen-bond acceptors (Lipinski definition) is 5. The fraction of sp³-hybridized carbons (Fsp3) is 0.185. The number of fused-ring (bicyclic) bond motifs is 1. The van der Waals surface area contributed by atoms with Gasteiger partial charge >= 0.3 is 12.0 Å². The summed E-state index contributed by atoms with van der Waals surface area (Å²) in [5.41, 5.74) is 4.41. The summed E-state index contributed by atoms with van der Waals surface area (Å²) >= 11 is 0. The molecule has 0 spiro atoms. The summed E-state index contributed by atoms with van der Waals surface area (Å²) in [6.45, 7) is 0. The van der Waals surface area contributed by atoms with Crippen LogP contribution in [0.1, 0.15) is 27.4 Å². The third-order valence-corrected chi connectivity index (χ3v) is 5.80. The smallest absolute Gasteiger partial charge is 0.337 e. The Morgan fingerprint density at radius 1 is 0.914 bits per heavy atom. The number of esters is 1. The molecule has 1 atom stereocenters. The molecule has 0 bridgehead atoms. The number of methoxy groups -OCH3 is 1. The third kappa shape index (κ3) is 4.77. The fourth-order valence-corrected chi connectivity index (χ4v) is 3.98. The zero-order chi connectivity index (χ0) is 25.1. The summed E-state index contributed by atoms with van der Waals surface area (Å²) in [4.78, 5) is 45.2. The van der Waals surface area contributed by atoms with Gasteiger partial charge in [0, 0.05) is 32.5 Å². The highest BCUT2D eigenvalue weighted by atomic mass is 16.5. The van der Waals surface area contributed by atoms with E-state index in [1.165, 1.54) is 12.0 Å². The van der Waals surface area contributed by atoms with Gasteiger partial charge in [-0.05, 0) is 47.5 Å². The lowest BCUT2D eigenvalue weighted by atomic mass is 9.90. The molecule has 8 heteroatoms. The molecule has 0 radical (unpaired) electrons. The van der Waals surface area contributed by atoms with Crippen molar-refractivity contribution < 1.29 is 19.1 Å². The summed E-state index contributed by atoms with van der Waals surface area (Å²) in [7, 11) is 6.42. The van der Waals surface area contributed by atoms with Gasteiger partial charge in [0.1, 0.15) is 5.92 Å². The first-order chi connectivity index (χ1) is 16.8. The van der Waals surface area contributed by atoms with Crippen molar-refractivity contribution in [2.75, 3.05) is 38.5 Å². The topological polar surface area (TPSA) is 91.3 Å². The van der Waals surface area contributed by atoms with Crippen LogP contribution >= 0.6 is 0 Å². The quantitative estimate of drug-likeness (QED) is 0.441. The van der Waals surface area contributed by atoms with Crippen LogP contribution in [0.3, 0.4) is 0 Å². The minimum atomic E-state index is -0.656. The lowest BCUT2D eigenvalue weighted by Crippen LogP contribution is -2.36. The molecule has 0 saturated carbocycles. The Morgan fingerprint density at radius 3 is 2.23 bits per heavy atom. The van der Waals surface area contributed by atoms with Crippen molar-refractivity contribution >= 4 is 40.7 Å². The van der Waals surface area contributed by atoms with E-state index in [4.69, 9.17) is 9.73 Å². The Hall–Kier alpha value is -4.46. The average Bonchev–Trinajstić information content (AvgIpc) is 3.21. The molecule has 3 amide bonds. The Labute approximate surface area is 203 Å². The molecule has 1 unspecified atom stereocenters. The molecule has 1 aliphatic heterocycles. The van der Waals surface area contributed by atoms with Crippen molar-refractivity contribution in [3.05, 3.63) is 89.5 Å². The van der Waals surface area contributed by atoms with E-state index >= 15 is 0 Å². The lowest BCUT2D eigenvalue weighted by molar-refractivity contribution is -0.115. The van der Waals surface area contributed by atoms with Gasteiger partial charge in [0.2, 0.25) is 5.91 Å². The van der Waals surface area contributed by atoms with Gasteiger partial charge in [-0.2, -0.15) is 0 Å². The van der Waals surface area contributed by atoms with E-state index in [0.717, 1.165) is 16.8 Å². The average molecular weight is 471 g/mol. The molecule has 0 fully saturated rings. The number of nitrogens with one attached hydrogen (secondary N) is 1. The second kappa shape index (κ2) is 9.80. The first-order valence-electron chi connectivity index (χ1n) is 11.0. The molecule has 1 heterocycles. The fourth-order valence-electron chi connectivity index (χ4n) is 3.98. The molecule has 8 nitrogen and oxygen atoms in total. The molecule has 1 aliphatic rings. The van der Waals surface area contributed by atoms with E-state index < -0.39 is 11.9 Å². The number of carbonyl (C=O) groups excluding carboxylic acids is 3. The molecule has 178 valence electrons. The zero-order valence-electron chi connectivity index (χ0n) is 20.0. The van der Waals surface area contributed by atoms with Gasteiger partial charge in [0.05, 0.1) is 24.1 Å². The van der Waals surface area contributed by atoms with Gasteiger partial charge in [-0.15, -0.1) is 0 Å². The number of nitrogens with zero attached hydrogens (tertiary/aromatic N) is 3. The van der Waals surface area contributed by atoms with Crippen LogP contribution in [-0.4, -0.2) is 56.8 Å². The van der Waals surface area contributed by atoms with Gasteiger partial charge in [-0.25, -0.2) is 9.59 Å². The van der Waals surface area contributed by atoms with Crippen LogP contribution in [0.15, 0.2) is 77.8 Å². The van der Waals surface area contributed by atoms with Gasteiger partial charge in [0.15, 0.2) is 0 Å². The summed E-state index contributed by atoms with van der Waals surface area (Å²) in [5.74, 6) is -1.35. The molecular formula is C27H26N4O4. The number of benzene rings is 3. The number of hydrogen-bond donors (Lipinski definition) is 1. The Morgan fingerprint density at radius 2 is 1.60 bits per heavy atom. The van der Waals surface area contributed by atoms with E-state index in [9.17, 15) is 14.4 Å². The predicted molar refractivity (Wildman–Crippen MR) is 136 cm³/mol. The highest BCUT2D eigenvalue weighted by Crippen LogP contribution is 2.37. The minimum absolute atomic E-state index is 0.142. The Bertz CT molecular complexity index is 1300. The molecule has 35 heavy (non-hydrogen) atoms. The maximum atomic E-state index is 13.1. The van der Waals surface area contributed by atoms with Crippen LogP contribution in [-0.2, 0) is 9.53 Å². The van der Waals surface area contributed by atoms with Crippen LogP contribution in [0.2, 0.25) is 0 Å². The first kappa shape index (κ1) is 23.7. The summed E-state index contributed by atoms with van der Waals surface area (Å²) in [6, 6.07) is 21.6. The van der Waals surface area contributed by atoms with Crippen molar-refractivity contribution in [2.24, 2.45) is 4.99 Å². The molecule has 0 aliphatic carbocycles. The molecule has 3 aromatic carbocycles. The van der Waals surface area contributed by atoms with E-state index in [1.54, 1.807) is 44.2 Å². The van der Waals surface area contributed by atoms with Crippen molar-refractivity contribution in [1.29, 1.82) is 0 Å². The highest BCUT2D eigenvalue weighted by Gasteiger charge is 2.36. The maximum Gasteiger partial charge on any atom is 0.337 e. The monoisotopic (exact) mass is 470 g/mol. The number of carbonyl (C=O) groups is 3. The maximum absolute atomic E-state index is 13.1. The van der Waals surface area contributed by atoms with E-state index in [2.05, 4.69) is 5.32 Å². The van der Waals surface area contributed by atoms with Gasteiger partial charge < -0.3 is 15.0 Å². The number of amides is 3. The van der Waals surface area contributed by atoms with E-state index in [0.29, 0.717) is 22.6 Å². The van der Waals surface area contributed by atoms with Gasteiger partial charge in [-0.1, -0.05) is 36.4 Å². The Kier molecular flexibility index (Phi) is 6.64. The van der Waals surface area contributed by atoms with Gasteiger partial charge in [0.25, 0.3) is 0 Å². The standard InChI is InChI=1S/C27H26N4O4/c1-30(2)27(34)31(3)20-13-11-19(12-14-20)28-24(17-8-6-5-7-9-17)23-21-15-10-18(26(33)35-4)16-22(21)29-25(23)32/h5-16,23H,1-4H3,(H,29,32). The second-order valence-corrected chi connectivity index (χ2v) is 8.33. The first-order valence-corrected chi connectivity index (χ1v) is 11.0. The summed E-state index contributed by atoms with van der Waals surface area (Å²) in [5, 5.41) is 2.87.